The molecule has 1 heterocycles. The van der Waals surface area contributed by atoms with Crippen molar-refractivity contribution in [3.05, 3.63) is 24.4 Å². The fourth-order valence-corrected chi connectivity index (χ4v) is 1.37. The molecule has 1 aromatic heterocycles. The number of hydrogen-bond donors (Lipinski definition) is 3. The molecule has 5 nitrogen and oxygen atoms in total. The van der Waals surface area contributed by atoms with Gasteiger partial charge < -0.3 is 11.1 Å². The molecular weight excluding hydrogens is 192 g/mol. The van der Waals surface area contributed by atoms with Gasteiger partial charge in [-0.15, -0.1) is 0 Å². The second-order valence-electron chi connectivity index (χ2n) is 3.26. The number of H-pyrrole nitrogens is 1. The number of rotatable bonds is 3. The van der Waals surface area contributed by atoms with Crippen LogP contribution in [-0.4, -0.2) is 22.6 Å². The fourth-order valence-electron chi connectivity index (χ4n) is 1.37. The maximum atomic E-state index is 11.3. The van der Waals surface area contributed by atoms with Crippen molar-refractivity contribution in [2.75, 3.05) is 11.9 Å². The van der Waals surface area contributed by atoms with Crippen molar-refractivity contribution in [2.45, 2.75) is 6.42 Å². The summed E-state index contributed by atoms with van der Waals surface area (Å²) in [6, 6.07) is 5.58. The third-order valence-corrected chi connectivity index (χ3v) is 2.10. The third kappa shape index (κ3) is 2.13. The van der Waals surface area contributed by atoms with Gasteiger partial charge in [0.1, 0.15) is 0 Å². The Balaban J connectivity index is 2.17. The number of fused-ring (bicyclic) bond motifs is 1. The summed E-state index contributed by atoms with van der Waals surface area (Å²) in [4.78, 5) is 11.3. The van der Waals surface area contributed by atoms with E-state index in [9.17, 15) is 4.79 Å². The highest BCUT2D eigenvalue weighted by molar-refractivity contribution is 5.93. The summed E-state index contributed by atoms with van der Waals surface area (Å²) in [5.41, 5.74) is 6.94. The van der Waals surface area contributed by atoms with Gasteiger partial charge in [-0.25, -0.2) is 0 Å². The Hall–Kier alpha value is -1.88. The highest BCUT2D eigenvalue weighted by Crippen LogP contribution is 2.16. The minimum absolute atomic E-state index is 0.0728. The van der Waals surface area contributed by atoms with Crippen molar-refractivity contribution in [3.8, 4) is 0 Å². The molecule has 5 heteroatoms. The minimum atomic E-state index is -0.0728. The largest absolute Gasteiger partial charge is 0.330 e. The second kappa shape index (κ2) is 4.10. The van der Waals surface area contributed by atoms with Gasteiger partial charge in [0.15, 0.2) is 0 Å². The van der Waals surface area contributed by atoms with Gasteiger partial charge in [-0.1, -0.05) is 0 Å². The molecule has 4 N–H and O–H groups in total. The first-order chi connectivity index (χ1) is 7.29. The molecule has 0 aliphatic heterocycles. The second-order valence-corrected chi connectivity index (χ2v) is 3.26. The Kier molecular flexibility index (Phi) is 2.64. The number of nitrogens with two attached hydrogens (primary N) is 1. The summed E-state index contributed by atoms with van der Waals surface area (Å²) in [5.74, 6) is -0.0728. The summed E-state index contributed by atoms with van der Waals surface area (Å²) in [5, 5.41) is 10.5. The molecule has 2 rings (SSSR count). The first-order valence-electron chi connectivity index (χ1n) is 4.72. The third-order valence-electron chi connectivity index (χ3n) is 2.10. The van der Waals surface area contributed by atoms with Crippen LogP contribution in [0.5, 0.6) is 0 Å². The lowest BCUT2D eigenvalue weighted by Crippen LogP contribution is -2.15. The van der Waals surface area contributed by atoms with Gasteiger partial charge in [0, 0.05) is 24.0 Å². The number of hydrogen-bond acceptors (Lipinski definition) is 3. The predicted octanol–water partition coefficient (Wildman–Crippen LogP) is 0.850. The van der Waals surface area contributed by atoms with Crippen molar-refractivity contribution in [1.82, 2.24) is 10.2 Å². The molecule has 1 amide bonds. The lowest BCUT2D eigenvalue weighted by Gasteiger charge is -2.03. The van der Waals surface area contributed by atoms with E-state index >= 15 is 0 Å². The highest BCUT2D eigenvalue weighted by Gasteiger charge is 2.02. The van der Waals surface area contributed by atoms with E-state index < -0.39 is 0 Å². The monoisotopic (exact) mass is 204 g/mol. The zero-order chi connectivity index (χ0) is 10.7. The summed E-state index contributed by atoms with van der Waals surface area (Å²) in [6.45, 7) is 0.359. The number of benzene rings is 1. The standard InChI is InChI=1S/C10H12N4O/c11-4-3-10(15)13-8-2-1-7-6-12-14-9(7)5-8/h1-2,5-6H,3-4,11H2,(H,12,14)(H,13,15). The predicted molar refractivity (Wildman–Crippen MR) is 58.4 cm³/mol. The van der Waals surface area contributed by atoms with Crippen molar-refractivity contribution >= 4 is 22.5 Å². The highest BCUT2D eigenvalue weighted by atomic mass is 16.1. The number of nitrogens with zero attached hydrogens (tertiary/aromatic N) is 1. The van der Waals surface area contributed by atoms with E-state index in [-0.39, 0.29) is 5.91 Å². The van der Waals surface area contributed by atoms with Crippen LogP contribution in [0.15, 0.2) is 24.4 Å². The zero-order valence-corrected chi connectivity index (χ0v) is 8.16. The van der Waals surface area contributed by atoms with Crippen LogP contribution in [-0.2, 0) is 4.79 Å². The maximum absolute atomic E-state index is 11.3. The van der Waals surface area contributed by atoms with Crippen LogP contribution in [0, 0.1) is 0 Å². The lowest BCUT2D eigenvalue weighted by atomic mass is 10.2. The number of nitrogens with one attached hydrogen (secondary N) is 2. The first-order valence-corrected chi connectivity index (χ1v) is 4.72. The van der Waals surface area contributed by atoms with Gasteiger partial charge in [0.05, 0.1) is 11.7 Å². The van der Waals surface area contributed by atoms with Gasteiger partial charge in [0.2, 0.25) is 5.91 Å². The van der Waals surface area contributed by atoms with Crippen LogP contribution in [0.25, 0.3) is 10.9 Å². The smallest absolute Gasteiger partial charge is 0.225 e. The van der Waals surface area contributed by atoms with Gasteiger partial charge in [-0.3, -0.25) is 9.89 Å². The summed E-state index contributed by atoms with van der Waals surface area (Å²) < 4.78 is 0. The fraction of sp³-hybridized carbons (Fsp3) is 0.200. The van der Waals surface area contributed by atoms with Crippen LogP contribution in [0.3, 0.4) is 0 Å². The molecule has 0 bridgehead atoms. The normalized spacial score (nSPS) is 10.5. The van der Waals surface area contributed by atoms with Gasteiger partial charge >= 0.3 is 0 Å². The molecule has 0 spiro atoms. The van der Waals surface area contributed by atoms with Crippen LogP contribution in [0.4, 0.5) is 5.69 Å². The number of carbonyl (C=O) groups is 1. The molecule has 0 aliphatic carbocycles. The van der Waals surface area contributed by atoms with Crippen LogP contribution < -0.4 is 11.1 Å². The maximum Gasteiger partial charge on any atom is 0.225 e. The molecule has 0 fully saturated rings. The van der Waals surface area contributed by atoms with E-state index in [1.165, 1.54) is 0 Å². The Bertz CT molecular complexity index is 477. The average molecular weight is 204 g/mol. The average Bonchev–Trinajstić information content (AvgIpc) is 2.65. The van der Waals surface area contributed by atoms with Gasteiger partial charge in [-0.05, 0) is 18.2 Å². The van der Waals surface area contributed by atoms with Gasteiger partial charge in [-0.2, -0.15) is 5.10 Å². The molecule has 0 atom stereocenters. The number of amides is 1. The molecule has 0 unspecified atom stereocenters. The zero-order valence-electron chi connectivity index (χ0n) is 8.16. The van der Waals surface area contributed by atoms with E-state index in [4.69, 9.17) is 5.73 Å². The Labute approximate surface area is 86.7 Å². The van der Waals surface area contributed by atoms with Crippen molar-refractivity contribution < 1.29 is 4.79 Å². The van der Waals surface area contributed by atoms with Crippen molar-refractivity contribution in [1.29, 1.82) is 0 Å². The van der Waals surface area contributed by atoms with E-state index in [2.05, 4.69) is 15.5 Å². The summed E-state index contributed by atoms with van der Waals surface area (Å²) >= 11 is 0. The molecule has 15 heavy (non-hydrogen) atoms. The van der Waals surface area contributed by atoms with Crippen molar-refractivity contribution in [2.24, 2.45) is 5.73 Å². The van der Waals surface area contributed by atoms with E-state index in [0.29, 0.717) is 13.0 Å². The van der Waals surface area contributed by atoms with Crippen LogP contribution in [0.1, 0.15) is 6.42 Å². The topological polar surface area (TPSA) is 83.8 Å². The Morgan fingerprint density at radius 3 is 3.20 bits per heavy atom. The van der Waals surface area contributed by atoms with Crippen LogP contribution >= 0.6 is 0 Å². The molecule has 0 saturated heterocycles. The van der Waals surface area contributed by atoms with E-state index in [1.54, 1.807) is 6.20 Å². The van der Waals surface area contributed by atoms with Gasteiger partial charge in [0.25, 0.3) is 0 Å². The Morgan fingerprint density at radius 2 is 2.40 bits per heavy atom. The molecule has 78 valence electrons. The number of carbonyl (C=O) groups excluding carboxylic acids is 1. The molecule has 2 aromatic rings. The minimum Gasteiger partial charge on any atom is -0.330 e. The first kappa shape index (κ1) is 9.67. The molecular formula is C10H12N4O. The van der Waals surface area contributed by atoms with Crippen molar-refractivity contribution in [3.63, 3.8) is 0 Å². The number of aromatic nitrogens is 2. The van der Waals surface area contributed by atoms with E-state index in [0.717, 1.165) is 16.6 Å². The quantitative estimate of drug-likeness (QED) is 0.693. The Morgan fingerprint density at radius 1 is 1.53 bits per heavy atom. The van der Waals surface area contributed by atoms with E-state index in [1.807, 2.05) is 18.2 Å². The molecule has 0 radical (unpaired) electrons. The lowest BCUT2D eigenvalue weighted by molar-refractivity contribution is -0.116. The summed E-state index contributed by atoms with van der Waals surface area (Å²) in [7, 11) is 0. The summed E-state index contributed by atoms with van der Waals surface area (Å²) in [6.07, 6.45) is 2.07. The molecule has 1 aromatic carbocycles. The van der Waals surface area contributed by atoms with Crippen LogP contribution in [0.2, 0.25) is 0 Å². The number of aromatic amines is 1. The molecule has 0 saturated carbocycles. The SMILES string of the molecule is NCCC(=O)Nc1ccc2cn[nH]c2c1. The molecule has 0 aliphatic rings. The number of anilines is 1.